The van der Waals surface area contributed by atoms with Gasteiger partial charge in [0.25, 0.3) is 5.69 Å². The summed E-state index contributed by atoms with van der Waals surface area (Å²) in [6.07, 6.45) is 2.86. The van der Waals surface area contributed by atoms with Crippen LogP contribution < -0.4 is 5.32 Å². The summed E-state index contributed by atoms with van der Waals surface area (Å²) in [5, 5.41) is 21.7. The van der Waals surface area contributed by atoms with Crippen molar-refractivity contribution in [2.75, 3.05) is 6.61 Å². The van der Waals surface area contributed by atoms with Gasteiger partial charge < -0.3 is 10.4 Å². The van der Waals surface area contributed by atoms with Crippen LogP contribution in [-0.4, -0.2) is 28.6 Å². The molecule has 0 bridgehead atoms. The highest BCUT2D eigenvalue weighted by atomic mass is 16.6. The number of nitrogens with zero attached hydrogens (tertiary/aromatic N) is 1. The zero-order chi connectivity index (χ0) is 13.5. The SMILES string of the molecule is C[C@@H](CO)NC(=O)C=Cc1ccc([N+](=O)[O-])cc1. The van der Waals surface area contributed by atoms with Crippen LogP contribution in [-0.2, 0) is 4.79 Å². The molecule has 0 saturated heterocycles. The van der Waals surface area contributed by atoms with E-state index in [4.69, 9.17) is 5.11 Å². The fourth-order valence-electron chi connectivity index (χ4n) is 1.22. The molecule has 18 heavy (non-hydrogen) atoms. The maximum Gasteiger partial charge on any atom is 0.269 e. The van der Waals surface area contributed by atoms with Gasteiger partial charge in [-0.1, -0.05) is 0 Å². The number of benzene rings is 1. The number of nitro benzene ring substituents is 1. The van der Waals surface area contributed by atoms with Crippen LogP contribution >= 0.6 is 0 Å². The summed E-state index contributed by atoms with van der Waals surface area (Å²) in [5.74, 6) is -0.324. The van der Waals surface area contributed by atoms with Crippen molar-refractivity contribution in [2.45, 2.75) is 13.0 Å². The molecule has 0 aliphatic heterocycles. The van der Waals surface area contributed by atoms with Crippen LogP contribution in [0.1, 0.15) is 12.5 Å². The average Bonchev–Trinajstić information content (AvgIpc) is 2.36. The number of amides is 1. The average molecular weight is 250 g/mol. The number of carbonyl (C=O) groups excluding carboxylic acids is 1. The second-order valence-corrected chi connectivity index (χ2v) is 3.77. The van der Waals surface area contributed by atoms with Crippen molar-refractivity contribution >= 4 is 17.7 Å². The van der Waals surface area contributed by atoms with Gasteiger partial charge in [0.1, 0.15) is 0 Å². The van der Waals surface area contributed by atoms with E-state index in [2.05, 4.69) is 5.32 Å². The van der Waals surface area contributed by atoms with E-state index in [1.54, 1.807) is 25.1 Å². The Morgan fingerprint density at radius 3 is 2.61 bits per heavy atom. The molecular formula is C12H14N2O4. The van der Waals surface area contributed by atoms with E-state index in [1.165, 1.54) is 18.2 Å². The number of non-ortho nitro benzene ring substituents is 1. The molecular weight excluding hydrogens is 236 g/mol. The molecule has 1 rings (SSSR count). The third-order valence-corrected chi connectivity index (χ3v) is 2.19. The third kappa shape index (κ3) is 4.34. The quantitative estimate of drug-likeness (QED) is 0.465. The fraction of sp³-hybridized carbons (Fsp3) is 0.250. The number of nitrogens with one attached hydrogen (secondary N) is 1. The largest absolute Gasteiger partial charge is 0.394 e. The van der Waals surface area contributed by atoms with E-state index in [0.29, 0.717) is 5.56 Å². The molecule has 1 atom stereocenters. The summed E-state index contributed by atoms with van der Waals surface area (Å²) in [6, 6.07) is 5.54. The van der Waals surface area contributed by atoms with E-state index in [1.807, 2.05) is 0 Å². The molecule has 0 aliphatic rings. The Bertz CT molecular complexity index is 454. The van der Waals surface area contributed by atoms with Gasteiger partial charge in [0.05, 0.1) is 11.5 Å². The van der Waals surface area contributed by atoms with E-state index in [9.17, 15) is 14.9 Å². The van der Waals surface area contributed by atoms with E-state index in [0.717, 1.165) is 0 Å². The van der Waals surface area contributed by atoms with Crippen LogP contribution in [0, 0.1) is 10.1 Å². The first kappa shape index (κ1) is 13.9. The maximum absolute atomic E-state index is 11.3. The van der Waals surface area contributed by atoms with Crippen LogP contribution in [0.25, 0.3) is 6.08 Å². The van der Waals surface area contributed by atoms with Crippen LogP contribution in [0.2, 0.25) is 0 Å². The van der Waals surface area contributed by atoms with Crippen LogP contribution in [0.3, 0.4) is 0 Å². The van der Waals surface area contributed by atoms with Crippen LogP contribution in [0.15, 0.2) is 30.3 Å². The maximum atomic E-state index is 11.3. The third-order valence-electron chi connectivity index (χ3n) is 2.19. The molecule has 0 fully saturated rings. The number of rotatable bonds is 5. The Morgan fingerprint density at radius 2 is 2.11 bits per heavy atom. The Kier molecular flexibility index (Phi) is 5.01. The summed E-state index contributed by atoms with van der Waals surface area (Å²) in [7, 11) is 0. The lowest BCUT2D eigenvalue weighted by Crippen LogP contribution is -2.33. The van der Waals surface area contributed by atoms with Gasteiger partial charge in [0.2, 0.25) is 5.91 Å². The van der Waals surface area contributed by atoms with Crippen LogP contribution in [0.5, 0.6) is 0 Å². The molecule has 1 aromatic rings. The van der Waals surface area contributed by atoms with Gasteiger partial charge in [-0.15, -0.1) is 0 Å². The second-order valence-electron chi connectivity index (χ2n) is 3.77. The first-order valence-electron chi connectivity index (χ1n) is 5.37. The Morgan fingerprint density at radius 1 is 1.50 bits per heavy atom. The van der Waals surface area contributed by atoms with Crippen molar-refractivity contribution in [3.05, 3.63) is 46.0 Å². The zero-order valence-electron chi connectivity index (χ0n) is 9.87. The molecule has 0 radical (unpaired) electrons. The van der Waals surface area contributed by atoms with E-state index >= 15 is 0 Å². The van der Waals surface area contributed by atoms with Crippen molar-refractivity contribution in [3.8, 4) is 0 Å². The summed E-state index contributed by atoms with van der Waals surface area (Å²) in [5.41, 5.74) is 0.693. The number of hydrogen-bond acceptors (Lipinski definition) is 4. The lowest BCUT2D eigenvalue weighted by Gasteiger charge is -2.07. The number of carbonyl (C=O) groups is 1. The van der Waals surface area contributed by atoms with Crippen LogP contribution in [0.4, 0.5) is 5.69 Å². The molecule has 1 amide bonds. The van der Waals surface area contributed by atoms with Crippen molar-refractivity contribution in [3.63, 3.8) is 0 Å². The lowest BCUT2D eigenvalue weighted by atomic mass is 10.2. The fourth-order valence-corrected chi connectivity index (χ4v) is 1.22. The Balaban J connectivity index is 2.61. The number of hydrogen-bond donors (Lipinski definition) is 2. The first-order chi connectivity index (χ1) is 8.52. The van der Waals surface area contributed by atoms with Gasteiger partial charge in [-0.3, -0.25) is 14.9 Å². The molecule has 6 nitrogen and oxygen atoms in total. The Labute approximate surface area is 104 Å². The highest BCUT2D eigenvalue weighted by Crippen LogP contribution is 2.12. The van der Waals surface area contributed by atoms with Gasteiger partial charge in [-0.2, -0.15) is 0 Å². The molecule has 0 unspecified atom stereocenters. The molecule has 1 aromatic carbocycles. The lowest BCUT2D eigenvalue weighted by molar-refractivity contribution is -0.384. The standard InChI is InChI=1S/C12H14N2O4/c1-9(8-15)13-12(16)7-4-10-2-5-11(6-3-10)14(17)18/h2-7,9,15H,8H2,1H3,(H,13,16)/t9-/m0/s1. The smallest absolute Gasteiger partial charge is 0.269 e. The number of nitro groups is 1. The monoisotopic (exact) mass is 250 g/mol. The van der Waals surface area contributed by atoms with Crippen molar-refractivity contribution in [2.24, 2.45) is 0 Å². The normalized spacial score (nSPS) is 12.3. The molecule has 0 saturated carbocycles. The number of aliphatic hydroxyl groups is 1. The predicted octanol–water partition coefficient (Wildman–Crippen LogP) is 1.11. The van der Waals surface area contributed by atoms with Gasteiger partial charge in [0.15, 0.2) is 0 Å². The van der Waals surface area contributed by atoms with E-state index < -0.39 is 4.92 Å². The summed E-state index contributed by atoms with van der Waals surface area (Å²) in [6.45, 7) is 1.55. The number of aliphatic hydroxyl groups excluding tert-OH is 1. The topological polar surface area (TPSA) is 92.5 Å². The summed E-state index contributed by atoms with van der Waals surface area (Å²) >= 11 is 0. The molecule has 6 heteroatoms. The summed E-state index contributed by atoms with van der Waals surface area (Å²) < 4.78 is 0. The molecule has 0 aliphatic carbocycles. The minimum Gasteiger partial charge on any atom is -0.394 e. The minimum atomic E-state index is -0.483. The van der Waals surface area contributed by atoms with Crippen molar-refractivity contribution in [1.29, 1.82) is 0 Å². The molecule has 2 N–H and O–H groups in total. The molecule has 96 valence electrons. The highest BCUT2D eigenvalue weighted by molar-refractivity contribution is 5.91. The van der Waals surface area contributed by atoms with Crippen molar-refractivity contribution in [1.82, 2.24) is 5.32 Å². The molecule has 0 spiro atoms. The molecule has 0 aromatic heterocycles. The second kappa shape index (κ2) is 6.51. The van der Waals surface area contributed by atoms with Crippen molar-refractivity contribution < 1.29 is 14.8 Å². The summed E-state index contributed by atoms with van der Waals surface area (Å²) in [4.78, 5) is 21.3. The van der Waals surface area contributed by atoms with Gasteiger partial charge in [-0.25, -0.2) is 0 Å². The molecule has 0 heterocycles. The first-order valence-corrected chi connectivity index (χ1v) is 5.37. The minimum absolute atomic E-state index is 0.00510. The van der Waals surface area contributed by atoms with Gasteiger partial charge in [-0.05, 0) is 30.7 Å². The van der Waals surface area contributed by atoms with Gasteiger partial charge in [0, 0.05) is 24.3 Å². The van der Waals surface area contributed by atoms with E-state index in [-0.39, 0.29) is 24.2 Å². The highest BCUT2D eigenvalue weighted by Gasteiger charge is 2.04. The predicted molar refractivity (Wildman–Crippen MR) is 66.8 cm³/mol. The van der Waals surface area contributed by atoms with Gasteiger partial charge >= 0.3 is 0 Å². The Hall–Kier alpha value is -2.21. The zero-order valence-corrected chi connectivity index (χ0v) is 9.87.